The molecule has 2 fully saturated rings. The van der Waals surface area contributed by atoms with E-state index in [0.717, 1.165) is 61.2 Å². The summed E-state index contributed by atoms with van der Waals surface area (Å²) in [6.07, 6.45) is 0.126. The first-order valence-electron chi connectivity index (χ1n) is 11.6. The van der Waals surface area contributed by atoms with Gasteiger partial charge in [-0.1, -0.05) is 0 Å². The number of hydrogen-bond donors (Lipinski definition) is 2. The molecule has 2 aliphatic rings. The van der Waals surface area contributed by atoms with Gasteiger partial charge in [0.25, 0.3) is 5.91 Å². The van der Waals surface area contributed by atoms with Gasteiger partial charge in [0.05, 0.1) is 11.1 Å². The molecule has 0 radical (unpaired) electrons. The molecule has 0 atom stereocenters. The van der Waals surface area contributed by atoms with Gasteiger partial charge < -0.3 is 24.5 Å². The van der Waals surface area contributed by atoms with Crippen molar-refractivity contribution in [3.05, 3.63) is 47.4 Å². The number of hydrogen-bond acceptors (Lipinski definition) is 6. The van der Waals surface area contributed by atoms with Crippen LogP contribution in [0.15, 0.2) is 30.5 Å². The SMILES string of the molecule is O=C(c1ccc(OC(F)(F)F)cc1O)N1CCC(c2ccnc3nc(C4CCOCC4)[nH]c23)CC1. The van der Waals surface area contributed by atoms with E-state index in [1.54, 1.807) is 11.1 Å². The van der Waals surface area contributed by atoms with Crippen LogP contribution < -0.4 is 4.74 Å². The van der Waals surface area contributed by atoms with E-state index >= 15 is 0 Å². The van der Waals surface area contributed by atoms with Gasteiger partial charge in [-0.15, -0.1) is 13.2 Å². The molecule has 35 heavy (non-hydrogen) atoms. The Morgan fingerprint density at radius 2 is 1.86 bits per heavy atom. The molecule has 4 heterocycles. The summed E-state index contributed by atoms with van der Waals surface area (Å²) in [7, 11) is 0. The fourth-order valence-electron chi connectivity index (χ4n) is 4.91. The molecule has 2 saturated heterocycles. The molecule has 0 bridgehead atoms. The lowest BCUT2D eigenvalue weighted by Crippen LogP contribution is -2.38. The number of H-pyrrole nitrogens is 1. The first-order chi connectivity index (χ1) is 16.8. The minimum atomic E-state index is -4.88. The van der Waals surface area contributed by atoms with Crippen LogP contribution >= 0.6 is 0 Å². The molecule has 2 aliphatic heterocycles. The lowest BCUT2D eigenvalue weighted by Gasteiger charge is -2.32. The molecule has 0 spiro atoms. The van der Waals surface area contributed by atoms with Crippen molar-refractivity contribution in [1.29, 1.82) is 0 Å². The summed E-state index contributed by atoms with van der Waals surface area (Å²) >= 11 is 0. The summed E-state index contributed by atoms with van der Waals surface area (Å²) in [6, 6.07) is 4.96. The highest BCUT2D eigenvalue weighted by Gasteiger charge is 2.32. The standard InChI is InChI=1S/C24H25F3N4O4/c25-24(26,27)35-16-1-2-18(19(32)13-16)23(33)31-9-4-14(5-10-31)17-3-8-28-22-20(17)29-21(30-22)15-6-11-34-12-7-15/h1-3,8,13-15,32H,4-7,9-12H2,(H,28,29,30). The number of phenols is 1. The maximum absolute atomic E-state index is 12.9. The number of fused-ring (bicyclic) bond motifs is 1. The van der Waals surface area contributed by atoms with Crippen molar-refractivity contribution in [2.24, 2.45) is 0 Å². The highest BCUT2D eigenvalue weighted by molar-refractivity contribution is 5.97. The number of benzene rings is 1. The molecule has 5 rings (SSSR count). The number of likely N-dealkylation sites (tertiary alicyclic amines) is 1. The van der Waals surface area contributed by atoms with Gasteiger partial charge in [-0.05, 0) is 55.4 Å². The first kappa shape index (κ1) is 23.4. The summed E-state index contributed by atoms with van der Waals surface area (Å²) in [5.41, 5.74) is 2.67. The van der Waals surface area contributed by atoms with Crippen molar-refractivity contribution in [1.82, 2.24) is 19.9 Å². The van der Waals surface area contributed by atoms with Gasteiger partial charge in [0.1, 0.15) is 17.3 Å². The monoisotopic (exact) mass is 490 g/mol. The number of amides is 1. The highest BCUT2D eigenvalue weighted by Crippen LogP contribution is 2.35. The number of rotatable bonds is 4. The average Bonchev–Trinajstić information content (AvgIpc) is 3.28. The molecular formula is C24H25F3N4O4. The zero-order valence-corrected chi connectivity index (χ0v) is 18.8. The zero-order valence-electron chi connectivity index (χ0n) is 18.8. The maximum Gasteiger partial charge on any atom is 0.573 e. The molecule has 0 unspecified atom stereocenters. The number of alkyl halides is 3. The number of aromatic amines is 1. The van der Waals surface area contributed by atoms with E-state index in [1.165, 1.54) is 0 Å². The number of nitrogens with one attached hydrogen (secondary N) is 1. The van der Waals surface area contributed by atoms with Crippen molar-refractivity contribution in [3.63, 3.8) is 0 Å². The summed E-state index contributed by atoms with van der Waals surface area (Å²) in [5.74, 6) is -0.0963. The molecule has 186 valence electrons. The summed E-state index contributed by atoms with van der Waals surface area (Å²) < 4.78 is 46.4. The third kappa shape index (κ3) is 5.04. The van der Waals surface area contributed by atoms with Crippen molar-refractivity contribution in [2.75, 3.05) is 26.3 Å². The van der Waals surface area contributed by atoms with Gasteiger partial charge in [0.15, 0.2) is 5.65 Å². The van der Waals surface area contributed by atoms with E-state index in [9.17, 15) is 23.1 Å². The Morgan fingerprint density at radius 3 is 2.54 bits per heavy atom. The number of piperidine rings is 1. The third-order valence-electron chi connectivity index (χ3n) is 6.71. The van der Waals surface area contributed by atoms with Gasteiger partial charge >= 0.3 is 6.36 Å². The number of pyridine rings is 1. The van der Waals surface area contributed by atoms with Crippen LogP contribution in [0.5, 0.6) is 11.5 Å². The van der Waals surface area contributed by atoms with Gasteiger partial charge in [-0.25, -0.2) is 9.97 Å². The topological polar surface area (TPSA) is 101 Å². The van der Waals surface area contributed by atoms with Gasteiger partial charge in [0, 0.05) is 44.5 Å². The molecule has 1 aromatic carbocycles. The first-order valence-corrected chi connectivity index (χ1v) is 11.6. The van der Waals surface area contributed by atoms with E-state index in [4.69, 9.17) is 9.72 Å². The molecule has 8 nitrogen and oxygen atoms in total. The largest absolute Gasteiger partial charge is 0.573 e. The van der Waals surface area contributed by atoms with Crippen LogP contribution in [0, 0.1) is 0 Å². The second kappa shape index (κ2) is 9.37. The number of carbonyl (C=O) groups is 1. The van der Waals surface area contributed by atoms with Gasteiger partial charge in [-0.2, -0.15) is 0 Å². The fraction of sp³-hybridized carbons (Fsp3) is 0.458. The van der Waals surface area contributed by atoms with Crippen molar-refractivity contribution >= 4 is 17.1 Å². The van der Waals surface area contributed by atoms with Crippen LogP contribution in [0.1, 0.15) is 59.3 Å². The Labute approximate surface area is 199 Å². The van der Waals surface area contributed by atoms with E-state index in [1.807, 2.05) is 6.07 Å². The number of aromatic nitrogens is 3. The van der Waals surface area contributed by atoms with Crippen LogP contribution in [-0.2, 0) is 4.74 Å². The minimum Gasteiger partial charge on any atom is -0.507 e. The highest BCUT2D eigenvalue weighted by atomic mass is 19.4. The number of nitrogens with zero attached hydrogens (tertiary/aromatic N) is 3. The zero-order chi connectivity index (χ0) is 24.6. The quantitative estimate of drug-likeness (QED) is 0.560. The van der Waals surface area contributed by atoms with E-state index in [0.29, 0.717) is 37.5 Å². The Kier molecular flexibility index (Phi) is 6.26. The molecular weight excluding hydrogens is 465 g/mol. The lowest BCUT2D eigenvalue weighted by atomic mass is 9.89. The van der Waals surface area contributed by atoms with Gasteiger partial charge in [0.2, 0.25) is 0 Å². The Hall–Kier alpha value is -3.34. The van der Waals surface area contributed by atoms with E-state index in [-0.39, 0.29) is 11.5 Å². The normalized spacial score (nSPS) is 18.2. The molecule has 0 saturated carbocycles. The smallest absolute Gasteiger partial charge is 0.507 e. The van der Waals surface area contributed by atoms with E-state index < -0.39 is 23.8 Å². The second-order valence-corrected chi connectivity index (χ2v) is 8.90. The third-order valence-corrected chi connectivity index (χ3v) is 6.71. The number of carbonyl (C=O) groups excluding carboxylic acids is 1. The van der Waals surface area contributed by atoms with Crippen LogP contribution in [0.2, 0.25) is 0 Å². The number of aromatic hydroxyl groups is 1. The number of imidazole rings is 1. The summed E-state index contributed by atoms with van der Waals surface area (Å²) in [4.78, 5) is 27.2. The Bertz CT molecular complexity index is 1220. The predicted octanol–water partition coefficient (Wildman–Crippen LogP) is 4.48. The van der Waals surface area contributed by atoms with E-state index in [2.05, 4.69) is 14.7 Å². The predicted molar refractivity (Wildman–Crippen MR) is 119 cm³/mol. The average molecular weight is 490 g/mol. The van der Waals surface area contributed by atoms with Crippen LogP contribution in [-0.4, -0.2) is 63.5 Å². The van der Waals surface area contributed by atoms with Crippen molar-refractivity contribution < 1.29 is 32.5 Å². The number of phenolic OH excluding ortho intramolecular Hbond substituents is 1. The molecule has 11 heteroatoms. The maximum atomic E-state index is 12.9. The van der Waals surface area contributed by atoms with Crippen LogP contribution in [0.4, 0.5) is 13.2 Å². The number of halogens is 3. The van der Waals surface area contributed by atoms with Gasteiger partial charge in [-0.3, -0.25) is 4.79 Å². The molecule has 2 aromatic heterocycles. The fourth-order valence-corrected chi connectivity index (χ4v) is 4.91. The summed E-state index contributed by atoms with van der Waals surface area (Å²) in [5, 5.41) is 10.1. The molecule has 1 amide bonds. The Morgan fingerprint density at radius 1 is 1.11 bits per heavy atom. The van der Waals surface area contributed by atoms with Crippen LogP contribution in [0.3, 0.4) is 0 Å². The number of ether oxygens (including phenoxy) is 2. The Balaban J connectivity index is 1.27. The molecule has 0 aliphatic carbocycles. The van der Waals surface area contributed by atoms with Crippen LogP contribution in [0.25, 0.3) is 11.2 Å². The lowest BCUT2D eigenvalue weighted by molar-refractivity contribution is -0.274. The molecule has 2 N–H and O–H groups in total. The van der Waals surface area contributed by atoms with Crippen molar-refractivity contribution in [3.8, 4) is 11.5 Å². The minimum absolute atomic E-state index is 0.0565. The second-order valence-electron chi connectivity index (χ2n) is 8.90. The summed E-state index contributed by atoms with van der Waals surface area (Å²) in [6.45, 7) is 2.35. The molecule has 3 aromatic rings. The van der Waals surface area contributed by atoms with Crippen molar-refractivity contribution in [2.45, 2.75) is 43.9 Å².